The van der Waals surface area contributed by atoms with Crippen LogP contribution in [0.2, 0.25) is 0 Å². The number of carboxylic acids is 1. The summed E-state index contributed by atoms with van der Waals surface area (Å²) in [6, 6.07) is -0.219. The van der Waals surface area contributed by atoms with E-state index in [4.69, 9.17) is 14.6 Å². The quantitative estimate of drug-likeness (QED) is 0.712. The second kappa shape index (κ2) is 5.99. The van der Waals surface area contributed by atoms with Crippen LogP contribution in [0.4, 0.5) is 4.79 Å². The molecule has 1 aliphatic rings. The highest BCUT2D eigenvalue weighted by Crippen LogP contribution is 2.39. The number of aromatic carboxylic acids is 1. The van der Waals surface area contributed by atoms with Gasteiger partial charge in [0.2, 0.25) is 0 Å². The zero-order valence-corrected chi connectivity index (χ0v) is 14.8. The summed E-state index contributed by atoms with van der Waals surface area (Å²) in [6.45, 7) is 5.69. The number of carboxylic acid groups (broad SMARTS) is 1. The number of hydrogen-bond donors (Lipinski definition) is 2. The molecule has 0 bridgehead atoms. The van der Waals surface area contributed by atoms with E-state index in [1.807, 2.05) is 22.6 Å². The zero-order valence-electron chi connectivity index (χ0n) is 11.9. The highest BCUT2D eigenvalue weighted by Gasteiger charge is 2.30. The third-order valence-corrected chi connectivity index (χ3v) is 5.23. The van der Waals surface area contributed by atoms with Gasteiger partial charge in [0.05, 0.1) is 14.5 Å². The molecule has 116 valence electrons. The van der Waals surface area contributed by atoms with Gasteiger partial charge in [-0.3, -0.25) is 0 Å². The first-order valence-electron chi connectivity index (χ1n) is 6.34. The lowest BCUT2D eigenvalue weighted by molar-refractivity contribution is 0.0482. The second-order valence-electron chi connectivity index (χ2n) is 5.66. The Balaban J connectivity index is 2.05. The third-order valence-electron chi connectivity index (χ3n) is 2.65. The van der Waals surface area contributed by atoms with E-state index in [2.05, 4.69) is 5.32 Å². The molecule has 1 aliphatic heterocycles. The molecule has 1 atom stereocenters. The molecule has 0 aliphatic carbocycles. The Morgan fingerprint density at radius 3 is 2.71 bits per heavy atom. The maximum atomic E-state index is 11.7. The topological polar surface area (TPSA) is 84.9 Å². The molecule has 6 nitrogen and oxygen atoms in total. The first kappa shape index (κ1) is 16.3. The molecular formula is C13H16INO5S. The van der Waals surface area contributed by atoms with Crippen molar-refractivity contribution in [2.24, 2.45) is 0 Å². The van der Waals surface area contributed by atoms with Gasteiger partial charge >= 0.3 is 12.1 Å². The van der Waals surface area contributed by atoms with Crippen LogP contribution in [0.15, 0.2) is 0 Å². The van der Waals surface area contributed by atoms with Crippen molar-refractivity contribution in [1.82, 2.24) is 5.32 Å². The third kappa shape index (κ3) is 4.00. The van der Waals surface area contributed by atoms with Crippen LogP contribution in [0.25, 0.3) is 0 Å². The van der Waals surface area contributed by atoms with E-state index in [0.29, 0.717) is 22.3 Å². The molecule has 0 saturated heterocycles. The van der Waals surface area contributed by atoms with E-state index in [0.717, 1.165) is 4.88 Å². The summed E-state index contributed by atoms with van der Waals surface area (Å²) < 4.78 is 11.4. The van der Waals surface area contributed by atoms with Crippen LogP contribution in [-0.4, -0.2) is 35.4 Å². The molecule has 0 radical (unpaired) electrons. The number of amides is 1. The van der Waals surface area contributed by atoms with Crippen molar-refractivity contribution in [1.29, 1.82) is 0 Å². The molecule has 0 saturated carbocycles. The van der Waals surface area contributed by atoms with E-state index in [9.17, 15) is 9.59 Å². The Labute approximate surface area is 140 Å². The fourth-order valence-electron chi connectivity index (χ4n) is 1.89. The van der Waals surface area contributed by atoms with Crippen LogP contribution in [-0.2, 0) is 11.2 Å². The molecule has 1 aromatic rings. The minimum Gasteiger partial charge on any atom is -0.489 e. The van der Waals surface area contributed by atoms with E-state index >= 15 is 0 Å². The van der Waals surface area contributed by atoms with E-state index in [1.165, 1.54) is 11.3 Å². The standard InChI is InChI=1S/C13H16INO5S/c1-13(2,3)20-12(18)15-6-4-7-9(19-5-6)8(14)10(21-7)11(16)17/h6H,4-5H2,1-3H3,(H,15,18)(H,16,17). The van der Waals surface area contributed by atoms with Crippen LogP contribution in [0, 0.1) is 3.57 Å². The SMILES string of the molecule is CC(C)(C)OC(=O)NC1COc2c(sc(C(=O)O)c2I)C1. The monoisotopic (exact) mass is 425 g/mol. The Kier molecular flexibility index (Phi) is 4.66. The summed E-state index contributed by atoms with van der Waals surface area (Å²) in [5.41, 5.74) is -0.556. The van der Waals surface area contributed by atoms with Crippen molar-refractivity contribution >= 4 is 46.0 Å². The van der Waals surface area contributed by atoms with Gasteiger partial charge in [0.15, 0.2) is 0 Å². The van der Waals surface area contributed by atoms with Crippen LogP contribution in [0.1, 0.15) is 35.3 Å². The number of ether oxygens (including phenoxy) is 2. The van der Waals surface area contributed by atoms with Crippen molar-refractivity contribution in [3.05, 3.63) is 13.3 Å². The molecule has 2 rings (SSSR count). The van der Waals surface area contributed by atoms with Crippen LogP contribution in [0.5, 0.6) is 5.75 Å². The van der Waals surface area contributed by atoms with Crippen molar-refractivity contribution in [3.63, 3.8) is 0 Å². The number of carbonyl (C=O) groups excluding carboxylic acids is 1. The summed E-state index contributed by atoms with van der Waals surface area (Å²) in [6.07, 6.45) is 0.0481. The van der Waals surface area contributed by atoms with Crippen molar-refractivity contribution in [3.8, 4) is 5.75 Å². The summed E-state index contributed by atoms with van der Waals surface area (Å²) in [4.78, 5) is 24.0. The molecule has 0 fully saturated rings. The maximum Gasteiger partial charge on any atom is 0.408 e. The predicted octanol–water partition coefficient (Wildman–Crippen LogP) is 2.88. The Bertz CT molecular complexity index is 578. The molecule has 2 N–H and O–H groups in total. The lowest BCUT2D eigenvalue weighted by Crippen LogP contribution is -2.44. The first-order valence-corrected chi connectivity index (χ1v) is 8.23. The Morgan fingerprint density at radius 1 is 1.48 bits per heavy atom. The lowest BCUT2D eigenvalue weighted by Gasteiger charge is -2.26. The van der Waals surface area contributed by atoms with Gasteiger partial charge in [0.1, 0.15) is 22.8 Å². The Hall–Kier alpha value is -1.03. The van der Waals surface area contributed by atoms with Crippen LogP contribution < -0.4 is 10.1 Å². The van der Waals surface area contributed by atoms with Gasteiger partial charge < -0.3 is 19.9 Å². The molecule has 2 heterocycles. The lowest BCUT2D eigenvalue weighted by atomic mass is 10.1. The van der Waals surface area contributed by atoms with E-state index < -0.39 is 17.7 Å². The summed E-state index contributed by atoms with van der Waals surface area (Å²) in [5, 5.41) is 11.9. The smallest absolute Gasteiger partial charge is 0.408 e. The van der Waals surface area contributed by atoms with Gasteiger partial charge in [-0.05, 0) is 43.4 Å². The van der Waals surface area contributed by atoms with Gasteiger partial charge in [-0.2, -0.15) is 0 Å². The van der Waals surface area contributed by atoms with E-state index in [-0.39, 0.29) is 10.9 Å². The van der Waals surface area contributed by atoms with Gasteiger partial charge in [-0.25, -0.2) is 9.59 Å². The van der Waals surface area contributed by atoms with Crippen molar-refractivity contribution < 1.29 is 24.2 Å². The zero-order chi connectivity index (χ0) is 15.8. The number of alkyl carbamates (subject to hydrolysis) is 1. The summed E-state index contributed by atoms with van der Waals surface area (Å²) in [7, 11) is 0. The van der Waals surface area contributed by atoms with Gasteiger partial charge in [-0.1, -0.05) is 0 Å². The highest BCUT2D eigenvalue weighted by molar-refractivity contribution is 14.1. The first-order chi connectivity index (χ1) is 9.67. The average Bonchev–Trinajstić information content (AvgIpc) is 2.64. The molecule has 0 aromatic carbocycles. The second-order valence-corrected chi connectivity index (χ2v) is 7.84. The molecule has 21 heavy (non-hydrogen) atoms. The largest absolute Gasteiger partial charge is 0.489 e. The number of halogens is 1. The average molecular weight is 425 g/mol. The van der Waals surface area contributed by atoms with Crippen LogP contribution >= 0.6 is 33.9 Å². The number of carbonyl (C=O) groups is 2. The minimum atomic E-state index is -0.959. The summed E-state index contributed by atoms with van der Waals surface area (Å²) >= 11 is 3.17. The predicted molar refractivity (Wildman–Crippen MR) is 86.4 cm³/mol. The van der Waals surface area contributed by atoms with Crippen molar-refractivity contribution in [2.75, 3.05) is 6.61 Å². The number of hydrogen-bond acceptors (Lipinski definition) is 5. The highest BCUT2D eigenvalue weighted by atomic mass is 127. The number of nitrogens with one attached hydrogen (secondary N) is 1. The number of thiophene rings is 1. The number of rotatable bonds is 2. The maximum absolute atomic E-state index is 11.7. The molecule has 8 heteroatoms. The number of fused-ring (bicyclic) bond motifs is 1. The van der Waals surface area contributed by atoms with Crippen molar-refractivity contribution in [2.45, 2.75) is 38.8 Å². The molecule has 1 amide bonds. The van der Waals surface area contributed by atoms with Gasteiger partial charge in [0.25, 0.3) is 0 Å². The summed E-state index contributed by atoms with van der Waals surface area (Å²) in [5.74, 6) is -0.334. The van der Waals surface area contributed by atoms with Gasteiger partial charge in [0, 0.05) is 6.42 Å². The molecule has 1 aromatic heterocycles. The molecule has 0 spiro atoms. The molecular weight excluding hydrogens is 409 g/mol. The van der Waals surface area contributed by atoms with Gasteiger partial charge in [-0.15, -0.1) is 11.3 Å². The Morgan fingerprint density at radius 2 is 2.14 bits per heavy atom. The fourth-order valence-corrected chi connectivity index (χ4v) is 4.17. The van der Waals surface area contributed by atoms with E-state index in [1.54, 1.807) is 20.8 Å². The molecule has 1 unspecified atom stereocenters. The van der Waals surface area contributed by atoms with Crippen LogP contribution in [0.3, 0.4) is 0 Å². The fraction of sp³-hybridized carbons (Fsp3) is 0.538. The normalized spacial score (nSPS) is 17.6. The minimum absolute atomic E-state index is 0.219.